The van der Waals surface area contributed by atoms with Gasteiger partial charge in [-0.2, -0.15) is 5.10 Å². The van der Waals surface area contributed by atoms with Gasteiger partial charge in [0.15, 0.2) is 0 Å². The second kappa shape index (κ2) is 10.3. The molecule has 1 aromatic heterocycles. The van der Waals surface area contributed by atoms with Crippen molar-refractivity contribution in [2.75, 3.05) is 29.7 Å². The van der Waals surface area contributed by atoms with Gasteiger partial charge in [0.05, 0.1) is 6.21 Å². The molecule has 0 aliphatic rings. The number of benzene rings is 3. The van der Waals surface area contributed by atoms with E-state index in [-0.39, 0.29) is 5.91 Å². The van der Waals surface area contributed by atoms with Gasteiger partial charge in [-0.1, -0.05) is 71.0 Å². The highest BCUT2D eigenvalue weighted by molar-refractivity contribution is 7.20. The van der Waals surface area contributed by atoms with Gasteiger partial charge in [-0.05, 0) is 43.7 Å². The average Bonchev–Trinajstić information content (AvgIpc) is 3.22. The zero-order chi connectivity index (χ0) is 24.1. The van der Waals surface area contributed by atoms with Crippen molar-refractivity contribution in [1.82, 2.24) is 4.98 Å². The molecule has 0 spiro atoms. The van der Waals surface area contributed by atoms with Gasteiger partial charge in [0.2, 0.25) is 5.13 Å². The summed E-state index contributed by atoms with van der Waals surface area (Å²) >= 11 is 1.35. The van der Waals surface area contributed by atoms with Crippen molar-refractivity contribution >= 4 is 39.3 Å². The summed E-state index contributed by atoms with van der Waals surface area (Å²) in [6, 6.07) is 23.7. The first-order valence-electron chi connectivity index (χ1n) is 10.9. The van der Waals surface area contributed by atoms with Gasteiger partial charge in [0, 0.05) is 30.9 Å². The number of anilines is 3. The number of carbonyl (C=O) groups excluding carboxylic acids is 1. The standard InChI is InChI=1S/C27H27N5OS/c1-18-5-11-21(12-6-18)24-26(30-25(33)22-13-7-19(2)8-14-22)34-27(29-24)31-28-17-20-9-15-23(16-10-20)32(3)4/h5-17H,1-4H3,(H,29,31)(H,30,33). The molecule has 7 heteroatoms. The van der Waals surface area contributed by atoms with E-state index in [2.05, 4.69) is 15.8 Å². The number of aryl methyl sites for hydroxylation is 2. The second-order valence-electron chi connectivity index (χ2n) is 8.24. The Morgan fingerprint density at radius 3 is 2.15 bits per heavy atom. The van der Waals surface area contributed by atoms with Crippen molar-refractivity contribution in [3.05, 3.63) is 95.1 Å². The van der Waals surface area contributed by atoms with Crippen LogP contribution in [0.25, 0.3) is 11.3 Å². The lowest BCUT2D eigenvalue weighted by molar-refractivity contribution is 0.102. The highest BCUT2D eigenvalue weighted by Gasteiger charge is 2.16. The van der Waals surface area contributed by atoms with E-state index in [1.54, 1.807) is 6.21 Å². The highest BCUT2D eigenvalue weighted by atomic mass is 32.1. The fourth-order valence-electron chi connectivity index (χ4n) is 3.26. The fourth-order valence-corrected chi connectivity index (χ4v) is 4.09. The molecule has 0 bridgehead atoms. The molecule has 34 heavy (non-hydrogen) atoms. The quantitative estimate of drug-likeness (QED) is 0.250. The summed E-state index contributed by atoms with van der Waals surface area (Å²) in [5.74, 6) is -0.173. The van der Waals surface area contributed by atoms with E-state index in [4.69, 9.17) is 4.98 Å². The smallest absolute Gasteiger partial charge is 0.256 e. The summed E-state index contributed by atoms with van der Waals surface area (Å²) in [4.78, 5) is 19.6. The van der Waals surface area contributed by atoms with Gasteiger partial charge in [0.25, 0.3) is 5.91 Å². The number of hydrazone groups is 1. The van der Waals surface area contributed by atoms with E-state index >= 15 is 0 Å². The van der Waals surface area contributed by atoms with Crippen LogP contribution in [0, 0.1) is 13.8 Å². The van der Waals surface area contributed by atoms with Crippen LogP contribution >= 0.6 is 11.3 Å². The lowest BCUT2D eigenvalue weighted by Gasteiger charge is -2.11. The molecule has 0 fully saturated rings. The van der Waals surface area contributed by atoms with Crippen LogP contribution in [-0.4, -0.2) is 31.2 Å². The number of rotatable bonds is 7. The largest absolute Gasteiger partial charge is 0.378 e. The molecule has 1 heterocycles. The molecule has 4 aromatic rings. The van der Waals surface area contributed by atoms with Crippen molar-refractivity contribution in [1.29, 1.82) is 0 Å². The van der Waals surface area contributed by atoms with Gasteiger partial charge in [-0.15, -0.1) is 0 Å². The first-order chi connectivity index (χ1) is 16.4. The summed E-state index contributed by atoms with van der Waals surface area (Å²) < 4.78 is 0. The van der Waals surface area contributed by atoms with Crippen LogP contribution in [0.2, 0.25) is 0 Å². The Kier molecular flexibility index (Phi) is 7.04. The second-order valence-corrected chi connectivity index (χ2v) is 9.24. The molecule has 0 saturated carbocycles. The van der Waals surface area contributed by atoms with Gasteiger partial charge < -0.3 is 10.2 Å². The van der Waals surface area contributed by atoms with Crippen LogP contribution in [0.4, 0.5) is 15.8 Å². The number of hydrogen-bond acceptors (Lipinski definition) is 6. The Balaban J connectivity index is 1.56. The van der Waals surface area contributed by atoms with Crippen LogP contribution in [0.3, 0.4) is 0 Å². The van der Waals surface area contributed by atoms with Crippen LogP contribution in [-0.2, 0) is 0 Å². The van der Waals surface area contributed by atoms with Crippen molar-refractivity contribution < 1.29 is 4.79 Å². The van der Waals surface area contributed by atoms with Crippen LogP contribution < -0.4 is 15.6 Å². The molecule has 172 valence electrons. The van der Waals surface area contributed by atoms with Gasteiger partial charge >= 0.3 is 0 Å². The molecule has 2 N–H and O–H groups in total. The summed E-state index contributed by atoms with van der Waals surface area (Å²) in [5, 5.41) is 8.63. The fraction of sp³-hybridized carbons (Fsp3) is 0.148. The normalized spacial score (nSPS) is 10.9. The van der Waals surface area contributed by atoms with Gasteiger partial charge in [-0.3, -0.25) is 10.2 Å². The lowest BCUT2D eigenvalue weighted by Crippen LogP contribution is -2.11. The van der Waals surface area contributed by atoms with Crippen molar-refractivity contribution in [2.45, 2.75) is 13.8 Å². The van der Waals surface area contributed by atoms with E-state index in [0.29, 0.717) is 21.4 Å². The number of aromatic nitrogens is 1. The van der Waals surface area contributed by atoms with Crippen LogP contribution in [0.1, 0.15) is 27.0 Å². The van der Waals surface area contributed by atoms with Crippen molar-refractivity contribution in [3.63, 3.8) is 0 Å². The SMILES string of the molecule is Cc1ccc(C(=O)Nc2sc(NN=Cc3ccc(N(C)C)cc3)nc2-c2ccc(C)cc2)cc1. The van der Waals surface area contributed by atoms with E-state index in [1.165, 1.54) is 11.3 Å². The third kappa shape index (κ3) is 5.68. The summed E-state index contributed by atoms with van der Waals surface area (Å²) in [7, 11) is 4.02. The molecule has 0 aliphatic carbocycles. The number of carbonyl (C=O) groups is 1. The highest BCUT2D eigenvalue weighted by Crippen LogP contribution is 2.36. The molecule has 0 saturated heterocycles. The molecule has 3 aromatic carbocycles. The Morgan fingerprint density at radius 1 is 0.912 bits per heavy atom. The first kappa shape index (κ1) is 23.2. The minimum atomic E-state index is -0.173. The number of amides is 1. The predicted molar refractivity (Wildman–Crippen MR) is 143 cm³/mol. The molecular weight excluding hydrogens is 442 g/mol. The molecule has 1 amide bonds. The Hall–Kier alpha value is -3.97. The number of nitrogens with one attached hydrogen (secondary N) is 2. The van der Waals surface area contributed by atoms with E-state index in [0.717, 1.165) is 27.9 Å². The summed E-state index contributed by atoms with van der Waals surface area (Å²) in [5.41, 5.74) is 9.61. The third-order valence-corrected chi connectivity index (χ3v) is 6.15. The Morgan fingerprint density at radius 2 is 1.53 bits per heavy atom. The minimum absolute atomic E-state index is 0.173. The van der Waals surface area contributed by atoms with Gasteiger partial charge in [-0.25, -0.2) is 4.98 Å². The van der Waals surface area contributed by atoms with E-state index in [1.807, 2.05) is 106 Å². The molecule has 0 radical (unpaired) electrons. The first-order valence-corrected chi connectivity index (χ1v) is 11.7. The number of thiazole rings is 1. The maximum Gasteiger partial charge on any atom is 0.256 e. The van der Waals surface area contributed by atoms with E-state index < -0.39 is 0 Å². The zero-order valence-electron chi connectivity index (χ0n) is 19.7. The van der Waals surface area contributed by atoms with E-state index in [9.17, 15) is 4.79 Å². The number of nitrogens with zero attached hydrogens (tertiary/aromatic N) is 3. The average molecular weight is 470 g/mol. The maximum absolute atomic E-state index is 12.9. The predicted octanol–water partition coefficient (Wildman–Crippen LogP) is 6.19. The number of hydrogen-bond donors (Lipinski definition) is 2. The van der Waals surface area contributed by atoms with Crippen molar-refractivity contribution in [3.8, 4) is 11.3 Å². The Bertz CT molecular complexity index is 1290. The monoisotopic (exact) mass is 469 g/mol. The molecular formula is C27H27N5OS. The lowest BCUT2D eigenvalue weighted by atomic mass is 10.1. The third-order valence-electron chi connectivity index (χ3n) is 5.28. The maximum atomic E-state index is 12.9. The summed E-state index contributed by atoms with van der Waals surface area (Å²) in [6.07, 6.45) is 1.75. The molecule has 0 atom stereocenters. The van der Waals surface area contributed by atoms with Crippen LogP contribution in [0.15, 0.2) is 77.9 Å². The van der Waals surface area contributed by atoms with Gasteiger partial charge in [0.1, 0.15) is 10.7 Å². The molecule has 6 nitrogen and oxygen atoms in total. The molecule has 0 aliphatic heterocycles. The minimum Gasteiger partial charge on any atom is -0.378 e. The Labute approximate surface area is 204 Å². The topological polar surface area (TPSA) is 69.6 Å². The molecule has 4 rings (SSSR count). The van der Waals surface area contributed by atoms with Crippen molar-refractivity contribution in [2.24, 2.45) is 5.10 Å². The zero-order valence-corrected chi connectivity index (χ0v) is 20.5. The summed E-state index contributed by atoms with van der Waals surface area (Å²) in [6.45, 7) is 4.03. The van der Waals surface area contributed by atoms with Crippen LogP contribution in [0.5, 0.6) is 0 Å². The molecule has 0 unspecified atom stereocenters.